The molecule has 0 aromatic heterocycles. The molecule has 0 amide bonds. The van der Waals surface area contributed by atoms with Gasteiger partial charge in [0.25, 0.3) is 0 Å². The molecular formula is C9H8F6N2. The molecule has 0 aliphatic rings. The number of rotatable bonds is 1. The van der Waals surface area contributed by atoms with E-state index in [1.807, 2.05) is 0 Å². The average Bonchev–Trinajstić information content (AvgIpc) is 2.14. The van der Waals surface area contributed by atoms with E-state index in [0.29, 0.717) is 12.1 Å². The van der Waals surface area contributed by atoms with Crippen LogP contribution in [0.5, 0.6) is 0 Å². The molecule has 0 saturated heterocycles. The lowest BCUT2D eigenvalue weighted by atomic mass is 10.0. The van der Waals surface area contributed by atoms with E-state index in [4.69, 9.17) is 11.5 Å². The van der Waals surface area contributed by atoms with Gasteiger partial charge in [-0.15, -0.1) is 0 Å². The second-order valence-electron chi connectivity index (χ2n) is 3.36. The monoisotopic (exact) mass is 258 g/mol. The van der Waals surface area contributed by atoms with Gasteiger partial charge in [-0.2, -0.15) is 26.3 Å². The molecule has 0 bridgehead atoms. The van der Waals surface area contributed by atoms with Crippen LogP contribution in [-0.4, -0.2) is 6.18 Å². The smallest absolute Gasteiger partial charge is 0.398 e. The van der Waals surface area contributed by atoms with Gasteiger partial charge in [-0.1, -0.05) is 0 Å². The summed E-state index contributed by atoms with van der Waals surface area (Å²) in [5, 5.41) is 0. The minimum Gasteiger partial charge on any atom is -0.398 e. The first-order valence-electron chi connectivity index (χ1n) is 4.32. The molecule has 0 fully saturated rings. The van der Waals surface area contributed by atoms with Crippen molar-refractivity contribution in [3.8, 4) is 0 Å². The molecule has 2 nitrogen and oxygen atoms in total. The van der Waals surface area contributed by atoms with Crippen molar-refractivity contribution in [1.29, 1.82) is 0 Å². The quantitative estimate of drug-likeness (QED) is 0.601. The van der Waals surface area contributed by atoms with E-state index >= 15 is 0 Å². The first kappa shape index (κ1) is 13.6. The Bertz CT molecular complexity index is 409. The van der Waals surface area contributed by atoms with Gasteiger partial charge in [0.2, 0.25) is 0 Å². The number of hydrogen-bond donors (Lipinski definition) is 2. The molecule has 0 aliphatic carbocycles. The summed E-state index contributed by atoms with van der Waals surface area (Å²) in [6.07, 6.45) is -9.59. The molecule has 0 saturated carbocycles. The van der Waals surface area contributed by atoms with Crippen molar-refractivity contribution >= 4 is 5.69 Å². The maximum atomic E-state index is 12.3. The Morgan fingerprint density at radius 3 is 1.94 bits per heavy atom. The van der Waals surface area contributed by atoms with E-state index in [0.717, 1.165) is 6.07 Å². The second-order valence-corrected chi connectivity index (χ2v) is 3.36. The number of hydrogen-bond acceptors (Lipinski definition) is 2. The van der Waals surface area contributed by atoms with Crippen molar-refractivity contribution in [2.45, 2.75) is 18.4 Å². The Morgan fingerprint density at radius 1 is 1.00 bits per heavy atom. The molecule has 4 N–H and O–H groups in total. The predicted octanol–water partition coefficient (Wildman–Crippen LogP) is 2.85. The number of nitrogens with two attached hydrogens (primary N) is 2. The molecule has 1 atom stereocenters. The van der Waals surface area contributed by atoms with Crippen LogP contribution < -0.4 is 11.5 Å². The highest BCUT2D eigenvalue weighted by Gasteiger charge is 2.40. The average molecular weight is 258 g/mol. The van der Waals surface area contributed by atoms with Gasteiger partial charge < -0.3 is 11.5 Å². The highest BCUT2D eigenvalue weighted by atomic mass is 19.4. The first-order chi connectivity index (χ1) is 7.53. The Kier molecular flexibility index (Phi) is 3.28. The standard InChI is InChI=1S/C9H8F6N2/c10-8(11,12)4-1-2-6(16)5(3-4)7(17)9(13,14)15/h1-3,7H,16-17H2/t7-/m0/s1. The number of nitrogen functional groups attached to an aromatic ring is 1. The van der Waals surface area contributed by atoms with Crippen molar-refractivity contribution in [2.24, 2.45) is 5.73 Å². The summed E-state index contributed by atoms with van der Waals surface area (Å²) in [6, 6.07) is -0.871. The molecule has 1 aromatic rings. The summed E-state index contributed by atoms with van der Waals surface area (Å²) >= 11 is 0. The largest absolute Gasteiger partial charge is 0.416 e. The molecule has 0 spiro atoms. The molecule has 0 unspecified atom stereocenters. The van der Waals surface area contributed by atoms with Gasteiger partial charge in [0, 0.05) is 11.3 Å². The maximum absolute atomic E-state index is 12.3. The van der Waals surface area contributed by atoms with Gasteiger partial charge in [-0.3, -0.25) is 0 Å². The third-order valence-corrected chi connectivity index (χ3v) is 2.10. The fourth-order valence-electron chi connectivity index (χ4n) is 1.20. The summed E-state index contributed by atoms with van der Waals surface area (Å²) in [5.41, 5.74) is 7.56. The van der Waals surface area contributed by atoms with Crippen LogP contribution in [0.15, 0.2) is 18.2 Å². The topological polar surface area (TPSA) is 52.0 Å². The third kappa shape index (κ3) is 3.02. The van der Waals surface area contributed by atoms with Gasteiger partial charge in [-0.05, 0) is 18.2 Å². The molecule has 0 heterocycles. The van der Waals surface area contributed by atoms with Crippen LogP contribution in [-0.2, 0) is 6.18 Å². The van der Waals surface area contributed by atoms with Crippen molar-refractivity contribution in [3.63, 3.8) is 0 Å². The molecule has 1 aromatic carbocycles. The van der Waals surface area contributed by atoms with E-state index in [-0.39, 0.29) is 0 Å². The molecule has 0 aliphatic heterocycles. The Hall–Kier alpha value is -1.44. The lowest BCUT2D eigenvalue weighted by molar-refractivity contribution is -0.150. The van der Waals surface area contributed by atoms with E-state index in [2.05, 4.69) is 0 Å². The highest BCUT2D eigenvalue weighted by Crippen LogP contribution is 2.37. The van der Waals surface area contributed by atoms with Gasteiger partial charge in [0.15, 0.2) is 0 Å². The number of halogens is 6. The van der Waals surface area contributed by atoms with Gasteiger partial charge in [-0.25, -0.2) is 0 Å². The highest BCUT2D eigenvalue weighted by molar-refractivity contribution is 5.51. The minimum atomic E-state index is -4.85. The van der Waals surface area contributed by atoms with Crippen molar-refractivity contribution in [3.05, 3.63) is 29.3 Å². The predicted molar refractivity (Wildman–Crippen MR) is 48.8 cm³/mol. The third-order valence-electron chi connectivity index (χ3n) is 2.10. The number of alkyl halides is 6. The van der Waals surface area contributed by atoms with Gasteiger partial charge >= 0.3 is 12.4 Å². The Labute approximate surface area is 92.2 Å². The van der Waals surface area contributed by atoms with Crippen molar-refractivity contribution in [1.82, 2.24) is 0 Å². The summed E-state index contributed by atoms with van der Waals surface area (Å²) in [5.74, 6) is 0. The van der Waals surface area contributed by atoms with Crippen LogP contribution in [0.1, 0.15) is 17.2 Å². The summed E-state index contributed by atoms with van der Waals surface area (Å²) in [7, 11) is 0. The van der Waals surface area contributed by atoms with Crippen LogP contribution in [0.25, 0.3) is 0 Å². The fourth-order valence-corrected chi connectivity index (χ4v) is 1.20. The summed E-state index contributed by atoms with van der Waals surface area (Å²) in [6.45, 7) is 0. The molecule has 96 valence electrons. The van der Waals surface area contributed by atoms with E-state index in [9.17, 15) is 26.3 Å². The zero-order valence-corrected chi connectivity index (χ0v) is 8.23. The number of benzene rings is 1. The zero-order valence-electron chi connectivity index (χ0n) is 8.23. The molecule has 17 heavy (non-hydrogen) atoms. The van der Waals surface area contributed by atoms with Crippen LogP contribution in [0.3, 0.4) is 0 Å². The zero-order chi connectivity index (χ0) is 13.4. The summed E-state index contributed by atoms with van der Waals surface area (Å²) in [4.78, 5) is 0. The van der Waals surface area contributed by atoms with Crippen LogP contribution in [0, 0.1) is 0 Å². The lowest BCUT2D eigenvalue weighted by Gasteiger charge is -2.19. The second kappa shape index (κ2) is 4.10. The number of anilines is 1. The van der Waals surface area contributed by atoms with E-state index < -0.39 is 35.2 Å². The molecule has 8 heteroatoms. The Morgan fingerprint density at radius 2 is 1.53 bits per heavy atom. The van der Waals surface area contributed by atoms with Crippen LogP contribution >= 0.6 is 0 Å². The van der Waals surface area contributed by atoms with Crippen molar-refractivity contribution in [2.75, 3.05) is 5.73 Å². The van der Waals surface area contributed by atoms with Gasteiger partial charge in [0.05, 0.1) is 5.56 Å². The minimum absolute atomic E-state index is 0.313. The van der Waals surface area contributed by atoms with E-state index in [1.165, 1.54) is 0 Å². The van der Waals surface area contributed by atoms with Crippen LogP contribution in [0.4, 0.5) is 32.0 Å². The van der Waals surface area contributed by atoms with Crippen LogP contribution in [0.2, 0.25) is 0 Å². The summed E-state index contributed by atoms with van der Waals surface area (Å²) < 4.78 is 73.7. The van der Waals surface area contributed by atoms with E-state index in [1.54, 1.807) is 0 Å². The van der Waals surface area contributed by atoms with Crippen molar-refractivity contribution < 1.29 is 26.3 Å². The fraction of sp³-hybridized carbons (Fsp3) is 0.333. The molecule has 1 rings (SSSR count). The maximum Gasteiger partial charge on any atom is 0.416 e. The normalized spacial score (nSPS) is 14.8. The SMILES string of the molecule is Nc1ccc(C(F)(F)F)cc1[C@H](N)C(F)(F)F. The first-order valence-corrected chi connectivity index (χ1v) is 4.32. The molecular weight excluding hydrogens is 250 g/mol. The molecule has 0 radical (unpaired) electrons. The Balaban J connectivity index is 3.25. The van der Waals surface area contributed by atoms with Gasteiger partial charge in [0.1, 0.15) is 6.04 Å². The lowest BCUT2D eigenvalue weighted by Crippen LogP contribution is -2.29.